The average Bonchev–Trinajstić information content (AvgIpc) is 2.76. The van der Waals surface area contributed by atoms with Crippen molar-refractivity contribution >= 4 is 0 Å². The van der Waals surface area contributed by atoms with E-state index in [-0.39, 0.29) is 6.04 Å². The van der Waals surface area contributed by atoms with Crippen LogP contribution in [0.1, 0.15) is 6.92 Å². The third-order valence-electron chi connectivity index (χ3n) is 2.36. The van der Waals surface area contributed by atoms with Gasteiger partial charge in [-0.15, -0.1) is 0 Å². The van der Waals surface area contributed by atoms with E-state index < -0.39 is 0 Å². The van der Waals surface area contributed by atoms with Crippen molar-refractivity contribution in [2.75, 3.05) is 7.11 Å². The second-order valence-corrected chi connectivity index (χ2v) is 4.16. The van der Waals surface area contributed by atoms with E-state index in [2.05, 4.69) is 5.10 Å². The Bertz CT molecular complexity index is 508. The number of nitrogens with two attached hydrogens (primary N) is 1. The molecule has 5 nitrogen and oxygen atoms in total. The van der Waals surface area contributed by atoms with Crippen molar-refractivity contribution in [2.45, 2.75) is 19.5 Å². The monoisotopic (exact) mass is 247 g/mol. The maximum absolute atomic E-state index is 5.71. The van der Waals surface area contributed by atoms with Crippen molar-refractivity contribution in [3.63, 3.8) is 0 Å². The lowest BCUT2D eigenvalue weighted by Gasteiger charge is -2.05. The fourth-order valence-corrected chi connectivity index (χ4v) is 1.59. The van der Waals surface area contributed by atoms with Crippen molar-refractivity contribution in [1.82, 2.24) is 9.78 Å². The Morgan fingerprint density at radius 3 is 2.83 bits per heavy atom. The summed E-state index contributed by atoms with van der Waals surface area (Å²) in [5, 5.41) is 4.18. The van der Waals surface area contributed by atoms with Gasteiger partial charge < -0.3 is 15.2 Å². The van der Waals surface area contributed by atoms with Crippen molar-refractivity contribution in [1.29, 1.82) is 0 Å². The van der Waals surface area contributed by atoms with Crippen LogP contribution in [0.3, 0.4) is 0 Å². The largest absolute Gasteiger partial charge is 0.497 e. The summed E-state index contributed by atoms with van der Waals surface area (Å²) in [6.07, 6.45) is 3.49. The number of aromatic nitrogens is 2. The molecule has 0 aliphatic heterocycles. The normalized spacial score (nSPS) is 12.2. The zero-order valence-electron chi connectivity index (χ0n) is 10.5. The van der Waals surface area contributed by atoms with Crippen LogP contribution >= 0.6 is 0 Å². The summed E-state index contributed by atoms with van der Waals surface area (Å²) in [5.74, 6) is 2.16. The SMILES string of the molecule is COc1cccc(Oc2cnn(CC(C)N)c2)c1. The van der Waals surface area contributed by atoms with Gasteiger partial charge in [-0.3, -0.25) is 4.68 Å². The number of ether oxygens (including phenoxy) is 2. The van der Waals surface area contributed by atoms with Crippen molar-refractivity contribution < 1.29 is 9.47 Å². The minimum atomic E-state index is 0.0644. The van der Waals surface area contributed by atoms with Gasteiger partial charge in [0.25, 0.3) is 0 Å². The van der Waals surface area contributed by atoms with Gasteiger partial charge in [-0.25, -0.2) is 0 Å². The van der Waals surface area contributed by atoms with E-state index in [1.54, 1.807) is 18.0 Å². The summed E-state index contributed by atoms with van der Waals surface area (Å²) in [6.45, 7) is 2.60. The first kappa shape index (κ1) is 12.4. The van der Waals surface area contributed by atoms with E-state index in [1.165, 1.54) is 0 Å². The molecule has 0 aliphatic rings. The summed E-state index contributed by atoms with van der Waals surface area (Å²) in [7, 11) is 1.62. The highest BCUT2D eigenvalue weighted by molar-refractivity contribution is 5.35. The number of methoxy groups -OCH3 is 1. The van der Waals surface area contributed by atoms with Crippen LogP contribution in [0.2, 0.25) is 0 Å². The van der Waals surface area contributed by atoms with Crippen molar-refractivity contribution in [2.24, 2.45) is 5.73 Å². The van der Waals surface area contributed by atoms with E-state index in [0.29, 0.717) is 12.3 Å². The molecular weight excluding hydrogens is 230 g/mol. The van der Waals surface area contributed by atoms with Crippen LogP contribution in [0.15, 0.2) is 36.7 Å². The molecule has 0 radical (unpaired) electrons. The highest BCUT2D eigenvalue weighted by Gasteiger charge is 2.03. The maximum Gasteiger partial charge on any atom is 0.165 e. The van der Waals surface area contributed by atoms with Gasteiger partial charge in [-0.2, -0.15) is 5.10 Å². The fourth-order valence-electron chi connectivity index (χ4n) is 1.59. The third kappa shape index (κ3) is 3.24. The Labute approximate surface area is 106 Å². The lowest BCUT2D eigenvalue weighted by atomic mass is 10.3. The molecule has 0 amide bonds. The van der Waals surface area contributed by atoms with Gasteiger partial charge in [-0.1, -0.05) is 6.07 Å². The Morgan fingerprint density at radius 2 is 2.11 bits per heavy atom. The van der Waals surface area contributed by atoms with E-state index >= 15 is 0 Å². The molecule has 0 bridgehead atoms. The molecule has 5 heteroatoms. The van der Waals surface area contributed by atoms with Gasteiger partial charge in [0.15, 0.2) is 5.75 Å². The Morgan fingerprint density at radius 1 is 1.33 bits per heavy atom. The van der Waals surface area contributed by atoms with Gasteiger partial charge in [0.1, 0.15) is 11.5 Å². The quantitative estimate of drug-likeness (QED) is 0.878. The van der Waals surface area contributed by atoms with Crippen molar-refractivity contribution in [3.05, 3.63) is 36.7 Å². The molecule has 0 fully saturated rings. The minimum absolute atomic E-state index is 0.0644. The first-order chi connectivity index (χ1) is 8.67. The Balaban J connectivity index is 2.06. The minimum Gasteiger partial charge on any atom is -0.497 e. The van der Waals surface area contributed by atoms with E-state index in [0.717, 1.165) is 11.5 Å². The molecule has 2 rings (SSSR count). The molecule has 96 valence electrons. The summed E-state index contributed by atoms with van der Waals surface area (Å²) in [6, 6.07) is 7.50. The summed E-state index contributed by atoms with van der Waals surface area (Å²) in [4.78, 5) is 0. The predicted molar refractivity (Wildman–Crippen MR) is 68.9 cm³/mol. The van der Waals surface area contributed by atoms with E-state index in [9.17, 15) is 0 Å². The zero-order valence-corrected chi connectivity index (χ0v) is 10.5. The molecule has 2 N–H and O–H groups in total. The first-order valence-electron chi connectivity index (χ1n) is 5.77. The van der Waals surface area contributed by atoms with Gasteiger partial charge >= 0.3 is 0 Å². The maximum atomic E-state index is 5.71. The fraction of sp³-hybridized carbons (Fsp3) is 0.308. The van der Waals surface area contributed by atoms with Crippen molar-refractivity contribution in [3.8, 4) is 17.2 Å². The topological polar surface area (TPSA) is 62.3 Å². The molecule has 1 aromatic heterocycles. The van der Waals surface area contributed by atoms with Crippen LogP contribution in [-0.4, -0.2) is 22.9 Å². The Hall–Kier alpha value is -2.01. The van der Waals surface area contributed by atoms with E-state index in [4.69, 9.17) is 15.2 Å². The molecule has 0 saturated carbocycles. The lowest BCUT2D eigenvalue weighted by molar-refractivity contribution is 0.409. The second kappa shape index (κ2) is 5.55. The van der Waals surface area contributed by atoms with Crippen LogP contribution in [0.25, 0.3) is 0 Å². The van der Waals surface area contributed by atoms with Gasteiger partial charge in [0, 0.05) is 12.1 Å². The lowest BCUT2D eigenvalue weighted by Crippen LogP contribution is -2.22. The third-order valence-corrected chi connectivity index (χ3v) is 2.36. The number of benzene rings is 1. The predicted octanol–water partition coefficient (Wildman–Crippen LogP) is 2.03. The summed E-state index contributed by atoms with van der Waals surface area (Å²) >= 11 is 0. The number of hydrogen-bond acceptors (Lipinski definition) is 4. The standard InChI is InChI=1S/C13H17N3O2/c1-10(14)8-16-9-13(7-15-16)18-12-5-3-4-11(6-12)17-2/h3-7,9-10H,8,14H2,1-2H3. The molecule has 0 aliphatic carbocycles. The van der Waals surface area contributed by atoms with Gasteiger partial charge in [0.2, 0.25) is 0 Å². The second-order valence-electron chi connectivity index (χ2n) is 4.16. The number of hydrogen-bond donors (Lipinski definition) is 1. The molecule has 0 saturated heterocycles. The number of nitrogens with zero attached hydrogens (tertiary/aromatic N) is 2. The molecule has 1 aromatic carbocycles. The highest BCUT2D eigenvalue weighted by Crippen LogP contribution is 2.24. The van der Waals surface area contributed by atoms with Gasteiger partial charge in [0.05, 0.1) is 26.0 Å². The molecular formula is C13H17N3O2. The van der Waals surface area contributed by atoms with Gasteiger partial charge in [-0.05, 0) is 19.1 Å². The van der Waals surface area contributed by atoms with Crippen LogP contribution in [0.5, 0.6) is 17.2 Å². The van der Waals surface area contributed by atoms with Crippen LogP contribution in [-0.2, 0) is 6.54 Å². The molecule has 0 spiro atoms. The number of rotatable bonds is 5. The Kier molecular flexibility index (Phi) is 3.84. The average molecular weight is 247 g/mol. The smallest absolute Gasteiger partial charge is 0.165 e. The molecule has 1 atom stereocenters. The summed E-state index contributed by atoms with van der Waals surface area (Å²) in [5.41, 5.74) is 5.71. The van der Waals surface area contributed by atoms with E-state index in [1.807, 2.05) is 37.4 Å². The molecule has 18 heavy (non-hydrogen) atoms. The molecule has 1 unspecified atom stereocenters. The summed E-state index contributed by atoms with van der Waals surface area (Å²) < 4.78 is 12.6. The first-order valence-corrected chi connectivity index (χ1v) is 5.77. The zero-order chi connectivity index (χ0) is 13.0. The molecule has 1 heterocycles. The van der Waals surface area contributed by atoms with Crippen LogP contribution in [0.4, 0.5) is 0 Å². The van der Waals surface area contributed by atoms with Crippen LogP contribution < -0.4 is 15.2 Å². The van der Waals surface area contributed by atoms with Crippen LogP contribution in [0, 0.1) is 0 Å². The highest BCUT2D eigenvalue weighted by atomic mass is 16.5. The molecule has 2 aromatic rings.